The molecule has 4 nitrogen and oxygen atoms in total. The van der Waals surface area contributed by atoms with Crippen molar-refractivity contribution in [2.45, 2.75) is 82.7 Å². The number of ether oxygens (including phenoxy) is 1. The van der Waals surface area contributed by atoms with Crippen molar-refractivity contribution in [2.75, 3.05) is 18.8 Å². The first kappa shape index (κ1) is 17.9. The van der Waals surface area contributed by atoms with Crippen LogP contribution in [-0.2, 0) is 4.74 Å². The number of hydrogen-bond acceptors (Lipinski definition) is 4. The summed E-state index contributed by atoms with van der Waals surface area (Å²) in [5, 5.41) is 4.58. The Morgan fingerprint density at radius 1 is 1.27 bits per heavy atom. The van der Waals surface area contributed by atoms with Gasteiger partial charge in [0.1, 0.15) is 5.60 Å². The maximum absolute atomic E-state index is 12.2. The molecule has 2 rings (SSSR count). The molecule has 2 aliphatic rings. The molecule has 1 amide bonds. The molecule has 3 unspecified atom stereocenters. The van der Waals surface area contributed by atoms with Crippen molar-refractivity contribution in [1.82, 2.24) is 10.2 Å². The Bertz CT molecular complexity index is 370. The normalized spacial score (nSPS) is 29.6. The number of thioether (sulfide) groups is 1. The molecule has 0 radical (unpaired) electrons. The predicted octanol–water partition coefficient (Wildman–Crippen LogP) is 3.65. The van der Waals surface area contributed by atoms with Crippen molar-refractivity contribution in [2.24, 2.45) is 0 Å². The van der Waals surface area contributed by atoms with Gasteiger partial charge in [0.05, 0.1) is 0 Å². The molecule has 0 aromatic rings. The van der Waals surface area contributed by atoms with Gasteiger partial charge in [0.15, 0.2) is 0 Å². The zero-order valence-electron chi connectivity index (χ0n) is 14.6. The van der Waals surface area contributed by atoms with Crippen molar-refractivity contribution in [3.8, 4) is 0 Å². The van der Waals surface area contributed by atoms with E-state index in [2.05, 4.69) is 24.0 Å². The molecule has 1 saturated carbocycles. The van der Waals surface area contributed by atoms with Crippen molar-refractivity contribution in [3.05, 3.63) is 0 Å². The van der Waals surface area contributed by atoms with Gasteiger partial charge in [0.25, 0.3) is 0 Å². The highest BCUT2D eigenvalue weighted by molar-refractivity contribution is 7.99. The topological polar surface area (TPSA) is 41.6 Å². The number of piperidine rings is 1. The maximum atomic E-state index is 12.2. The van der Waals surface area contributed by atoms with E-state index in [9.17, 15) is 4.79 Å². The summed E-state index contributed by atoms with van der Waals surface area (Å²) in [6.07, 6.45) is 6.01. The van der Waals surface area contributed by atoms with Gasteiger partial charge in [-0.05, 0) is 52.2 Å². The van der Waals surface area contributed by atoms with Crippen LogP contribution < -0.4 is 5.32 Å². The van der Waals surface area contributed by atoms with Crippen LogP contribution in [0.4, 0.5) is 4.79 Å². The summed E-state index contributed by atoms with van der Waals surface area (Å²) in [6.45, 7) is 9.63. The van der Waals surface area contributed by atoms with Gasteiger partial charge in [-0.25, -0.2) is 4.79 Å². The van der Waals surface area contributed by atoms with E-state index < -0.39 is 5.60 Å². The molecule has 3 atom stereocenters. The minimum Gasteiger partial charge on any atom is -0.444 e. The van der Waals surface area contributed by atoms with Crippen LogP contribution in [0.2, 0.25) is 0 Å². The standard InChI is InChI=1S/C17H32N2O2S/c1-5-22-15-10-6-9-14(15)18-13-8-7-11-19(12-13)16(20)21-17(2,3)4/h13-15,18H,5-12H2,1-4H3. The van der Waals surface area contributed by atoms with E-state index in [0.29, 0.717) is 12.1 Å². The van der Waals surface area contributed by atoms with Crippen LogP contribution in [0.15, 0.2) is 0 Å². The minimum absolute atomic E-state index is 0.162. The van der Waals surface area contributed by atoms with E-state index in [-0.39, 0.29) is 6.09 Å². The number of likely N-dealkylation sites (tertiary alicyclic amines) is 1. The molecule has 0 bridgehead atoms. The SMILES string of the molecule is CCSC1CCCC1NC1CCCN(C(=O)OC(C)(C)C)C1. The second-order valence-corrected chi connectivity index (χ2v) is 8.98. The Morgan fingerprint density at radius 2 is 2.05 bits per heavy atom. The van der Waals surface area contributed by atoms with E-state index in [1.54, 1.807) is 0 Å². The van der Waals surface area contributed by atoms with Crippen LogP contribution in [0, 0.1) is 0 Å². The molecule has 0 spiro atoms. The molecule has 0 aromatic carbocycles. The zero-order chi connectivity index (χ0) is 16.2. The largest absolute Gasteiger partial charge is 0.444 e. The van der Waals surface area contributed by atoms with E-state index in [1.165, 1.54) is 31.4 Å². The zero-order valence-corrected chi connectivity index (χ0v) is 15.4. The Labute approximate surface area is 139 Å². The number of hydrogen-bond donors (Lipinski definition) is 1. The van der Waals surface area contributed by atoms with Gasteiger partial charge < -0.3 is 15.0 Å². The number of nitrogens with zero attached hydrogens (tertiary/aromatic N) is 1. The fourth-order valence-corrected chi connectivity index (χ4v) is 4.65. The first-order chi connectivity index (χ1) is 10.4. The highest BCUT2D eigenvalue weighted by Crippen LogP contribution is 2.30. The lowest BCUT2D eigenvalue weighted by Crippen LogP contribution is -2.52. The van der Waals surface area contributed by atoms with Crippen LogP contribution in [-0.4, -0.2) is 52.8 Å². The Kier molecular flexibility index (Phi) is 6.45. The molecule has 1 saturated heterocycles. The average molecular weight is 329 g/mol. The van der Waals surface area contributed by atoms with Crippen molar-refractivity contribution in [1.29, 1.82) is 0 Å². The van der Waals surface area contributed by atoms with E-state index >= 15 is 0 Å². The average Bonchev–Trinajstić information content (AvgIpc) is 2.85. The Hall–Kier alpha value is -0.420. The molecule has 1 aliphatic carbocycles. The van der Waals surface area contributed by atoms with Crippen LogP contribution in [0.5, 0.6) is 0 Å². The molecule has 1 N–H and O–H groups in total. The van der Waals surface area contributed by atoms with Gasteiger partial charge >= 0.3 is 6.09 Å². The smallest absolute Gasteiger partial charge is 0.410 e. The lowest BCUT2D eigenvalue weighted by Gasteiger charge is -2.36. The van der Waals surface area contributed by atoms with Crippen molar-refractivity contribution < 1.29 is 9.53 Å². The summed E-state index contributed by atoms with van der Waals surface area (Å²) in [6, 6.07) is 1.04. The summed E-state index contributed by atoms with van der Waals surface area (Å²) in [5.41, 5.74) is -0.411. The Morgan fingerprint density at radius 3 is 2.73 bits per heavy atom. The molecule has 1 heterocycles. The van der Waals surface area contributed by atoms with Gasteiger partial charge in [0, 0.05) is 30.4 Å². The number of carbonyl (C=O) groups excluding carboxylic acids is 1. The van der Waals surface area contributed by atoms with Gasteiger partial charge in [-0.15, -0.1) is 0 Å². The predicted molar refractivity (Wildman–Crippen MR) is 93.5 cm³/mol. The van der Waals surface area contributed by atoms with Crippen molar-refractivity contribution >= 4 is 17.9 Å². The van der Waals surface area contributed by atoms with Crippen LogP contribution in [0.25, 0.3) is 0 Å². The highest BCUT2D eigenvalue weighted by Gasteiger charge is 2.32. The number of carbonyl (C=O) groups is 1. The monoisotopic (exact) mass is 328 g/mol. The first-order valence-corrected chi connectivity index (χ1v) is 9.79. The number of amides is 1. The lowest BCUT2D eigenvalue weighted by molar-refractivity contribution is 0.0183. The third-order valence-corrected chi connectivity index (χ3v) is 5.68. The molecular formula is C17H32N2O2S. The van der Waals surface area contributed by atoms with Crippen LogP contribution in [0.1, 0.15) is 59.8 Å². The summed E-state index contributed by atoms with van der Waals surface area (Å²) >= 11 is 2.08. The fourth-order valence-electron chi connectivity index (χ4n) is 3.44. The summed E-state index contributed by atoms with van der Waals surface area (Å²) in [4.78, 5) is 14.1. The molecule has 2 fully saturated rings. The summed E-state index contributed by atoms with van der Waals surface area (Å²) in [7, 11) is 0. The quantitative estimate of drug-likeness (QED) is 0.855. The molecule has 0 aromatic heterocycles. The molecule has 1 aliphatic heterocycles. The number of nitrogens with one attached hydrogen (secondary N) is 1. The van der Waals surface area contributed by atoms with Gasteiger partial charge in [-0.3, -0.25) is 0 Å². The molecule has 128 valence electrons. The van der Waals surface area contributed by atoms with Crippen LogP contribution in [0.3, 0.4) is 0 Å². The second-order valence-electron chi connectivity index (χ2n) is 7.46. The Balaban J connectivity index is 1.84. The minimum atomic E-state index is -0.411. The van der Waals surface area contributed by atoms with Gasteiger partial charge in [0.2, 0.25) is 0 Å². The van der Waals surface area contributed by atoms with Crippen LogP contribution >= 0.6 is 11.8 Å². The van der Waals surface area contributed by atoms with Gasteiger partial charge in [-0.1, -0.05) is 13.3 Å². The molecular weight excluding hydrogens is 296 g/mol. The molecule has 22 heavy (non-hydrogen) atoms. The maximum Gasteiger partial charge on any atom is 0.410 e. The third kappa shape index (κ3) is 5.34. The number of rotatable bonds is 4. The summed E-state index contributed by atoms with van der Waals surface area (Å²) in [5.74, 6) is 1.19. The second kappa shape index (κ2) is 7.91. The third-order valence-electron chi connectivity index (χ3n) is 4.36. The van der Waals surface area contributed by atoms with Gasteiger partial charge in [-0.2, -0.15) is 11.8 Å². The fraction of sp³-hybridized carbons (Fsp3) is 0.941. The lowest BCUT2D eigenvalue weighted by atomic mass is 10.0. The summed E-state index contributed by atoms with van der Waals surface area (Å²) < 4.78 is 5.51. The molecule has 5 heteroatoms. The van der Waals surface area contributed by atoms with E-state index in [4.69, 9.17) is 4.74 Å². The first-order valence-electron chi connectivity index (χ1n) is 8.74. The highest BCUT2D eigenvalue weighted by atomic mass is 32.2. The van der Waals surface area contributed by atoms with E-state index in [0.717, 1.165) is 24.8 Å². The van der Waals surface area contributed by atoms with Crippen molar-refractivity contribution in [3.63, 3.8) is 0 Å². The van der Waals surface area contributed by atoms with E-state index in [1.807, 2.05) is 25.7 Å².